The van der Waals surface area contributed by atoms with Gasteiger partial charge in [0.05, 0.1) is 11.5 Å². The first-order chi connectivity index (χ1) is 11.8. The first-order valence-corrected chi connectivity index (χ1v) is 10.0. The lowest BCUT2D eigenvalue weighted by molar-refractivity contribution is 0.0934. The quantitative estimate of drug-likeness (QED) is 0.639. The van der Waals surface area contributed by atoms with Gasteiger partial charge in [-0.15, -0.1) is 0 Å². The van der Waals surface area contributed by atoms with E-state index < -0.39 is 21.8 Å². The number of nitrogens with zero attached hydrogens (tertiary/aromatic N) is 2. The van der Waals surface area contributed by atoms with Gasteiger partial charge in [-0.1, -0.05) is 6.07 Å². The van der Waals surface area contributed by atoms with Crippen LogP contribution in [0.15, 0.2) is 18.2 Å². The summed E-state index contributed by atoms with van der Waals surface area (Å²) in [5, 5.41) is 5.43. The number of hydrogen-bond acceptors (Lipinski definition) is 6. The molecule has 1 aliphatic rings. The average molecular weight is 368 g/mol. The molecule has 0 bridgehead atoms. The summed E-state index contributed by atoms with van der Waals surface area (Å²) in [5.41, 5.74) is 0.266. The standard InChI is InChI=1S/C16H24N4O4S/c1-20(2)9-4-8-17-15(21)13-5-3-6-14(19-13)16(22)18-12-7-10-25(23,24)11-12/h3,5-6,12H,4,7-11H2,1-2H3,(H,17,21)(H,18,22). The van der Waals surface area contributed by atoms with Crippen LogP contribution < -0.4 is 10.6 Å². The zero-order valence-electron chi connectivity index (χ0n) is 14.5. The van der Waals surface area contributed by atoms with E-state index in [0.29, 0.717) is 13.0 Å². The molecule has 9 heteroatoms. The van der Waals surface area contributed by atoms with Crippen molar-refractivity contribution in [3.63, 3.8) is 0 Å². The monoisotopic (exact) mass is 368 g/mol. The number of hydrogen-bond donors (Lipinski definition) is 2. The summed E-state index contributed by atoms with van der Waals surface area (Å²) in [4.78, 5) is 30.4. The lowest BCUT2D eigenvalue weighted by atomic mass is 10.2. The number of sulfone groups is 1. The minimum absolute atomic E-state index is 0.0508. The van der Waals surface area contributed by atoms with Gasteiger partial charge < -0.3 is 15.5 Å². The van der Waals surface area contributed by atoms with Crippen molar-refractivity contribution in [1.29, 1.82) is 0 Å². The normalized spacial score (nSPS) is 18.9. The Hall–Kier alpha value is -2.00. The van der Waals surface area contributed by atoms with E-state index in [1.165, 1.54) is 12.1 Å². The van der Waals surface area contributed by atoms with Crippen molar-refractivity contribution in [3.05, 3.63) is 29.6 Å². The van der Waals surface area contributed by atoms with Crippen LogP contribution in [0.3, 0.4) is 0 Å². The number of nitrogens with one attached hydrogen (secondary N) is 2. The van der Waals surface area contributed by atoms with Gasteiger partial charge in [0.1, 0.15) is 11.4 Å². The van der Waals surface area contributed by atoms with Crippen LogP contribution in [0.4, 0.5) is 0 Å². The highest BCUT2D eigenvalue weighted by molar-refractivity contribution is 7.91. The SMILES string of the molecule is CN(C)CCCNC(=O)c1cccc(C(=O)NC2CCS(=O)(=O)C2)n1. The highest BCUT2D eigenvalue weighted by Crippen LogP contribution is 2.12. The predicted octanol–water partition coefficient (Wildman–Crippen LogP) is -0.320. The summed E-state index contributed by atoms with van der Waals surface area (Å²) in [6, 6.07) is 4.23. The molecule has 0 aromatic carbocycles. The van der Waals surface area contributed by atoms with Crippen molar-refractivity contribution in [2.45, 2.75) is 18.9 Å². The fourth-order valence-corrected chi connectivity index (χ4v) is 4.22. The number of pyridine rings is 1. The molecule has 2 N–H and O–H groups in total. The number of aromatic nitrogens is 1. The van der Waals surface area contributed by atoms with Crippen LogP contribution in [0, 0.1) is 0 Å². The van der Waals surface area contributed by atoms with Crippen LogP contribution in [0.25, 0.3) is 0 Å². The molecule has 2 heterocycles. The Kier molecular flexibility index (Phi) is 6.49. The maximum atomic E-state index is 12.2. The van der Waals surface area contributed by atoms with Gasteiger partial charge in [0.25, 0.3) is 11.8 Å². The van der Waals surface area contributed by atoms with Crippen molar-refractivity contribution in [2.24, 2.45) is 0 Å². The molecule has 0 aliphatic carbocycles. The minimum atomic E-state index is -3.07. The first-order valence-electron chi connectivity index (χ1n) is 8.18. The third-order valence-electron chi connectivity index (χ3n) is 3.85. The number of amides is 2. The lowest BCUT2D eigenvalue weighted by Gasteiger charge is -2.11. The Morgan fingerprint density at radius 1 is 1.24 bits per heavy atom. The van der Waals surface area contributed by atoms with Crippen LogP contribution in [0.1, 0.15) is 33.8 Å². The molecule has 1 saturated heterocycles. The van der Waals surface area contributed by atoms with E-state index in [1.54, 1.807) is 6.07 Å². The Balaban J connectivity index is 1.91. The smallest absolute Gasteiger partial charge is 0.270 e. The molecule has 0 radical (unpaired) electrons. The van der Waals surface area contributed by atoms with Crippen molar-refractivity contribution < 1.29 is 18.0 Å². The maximum absolute atomic E-state index is 12.2. The number of carbonyl (C=O) groups is 2. The van der Waals surface area contributed by atoms with E-state index >= 15 is 0 Å². The maximum Gasteiger partial charge on any atom is 0.270 e. The number of carbonyl (C=O) groups excluding carboxylic acids is 2. The second kappa shape index (κ2) is 8.39. The molecule has 8 nitrogen and oxygen atoms in total. The van der Waals surface area contributed by atoms with Crippen molar-refractivity contribution in [3.8, 4) is 0 Å². The minimum Gasteiger partial charge on any atom is -0.351 e. The molecule has 1 atom stereocenters. The fraction of sp³-hybridized carbons (Fsp3) is 0.562. The van der Waals surface area contributed by atoms with E-state index in [2.05, 4.69) is 15.6 Å². The van der Waals surface area contributed by atoms with Gasteiger partial charge in [0.15, 0.2) is 9.84 Å². The van der Waals surface area contributed by atoms with Gasteiger partial charge in [-0.05, 0) is 45.6 Å². The van der Waals surface area contributed by atoms with Gasteiger partial charge in [0, 0.05) is 12.6 Å². The van der Waals surface area contributed by atoms with Crippen molar-refractivity contribution in [1.82, 2.24) is 20.5 Å². The molecule has 0 spiro atoms. The van der Waals surface area contributed by atoms with Crippen LogP contribution >= 0.6 is 0 Å². The molecular weight excluding hydrogens is 344 g/mol. The molecule has 138 valence electrons. The van der Waals surface area contributed by atoms with Crippen molar-refractivity contribution in [2.75, 3.05) is 38.7 Å². The fourth-order valence-electron chi connectivity index (χ4n) is 2.54. The van der Waals surface area contributed by atoms with Gasteiger partial charge in [-0.2, -0.15) is 0 Å². The zero-order chi connectivity index (χ0) is 18.4. The highest BCUT2D eigenvalue weighted by Gasteiger charge is 2.29. The van der Waals surface area contributed by atoms with E-state index in [0.717, 1.165) is 13.0 Å². The highest BCUT2D eigenvalue weighted by atomic mass is 32.2. The van der Waals surface area contributed by atoms with Gasteiger partial charge >= 0.3 is 0 Å². The Bertz CT molecular complexity index is 733. The van der Waals surface area contributed by atoms with Gasteiger partial charge in [-0.3, -0.25) is 9.59 Å². The molecule has 25 heavy (non-hydrogen) atoms. The molecule has 1 aromatic rings. The Morgan fingerprint density at radius 2 is 1.92 bits per heavy atom. The topological polar surface area (TPSA) is 108 Å². The van der Waals surface area contributed by atoms with E-state index in [-0.39, 0.29) is 28.8 Å². The van der Waals surface area contributed by atoms with Crippen LogP contribution in [-0.4, -0.2) is 74.8 Å². The van der Waals surface area contributed by atoms with Crippen LogP contribution in [-0.2, 0) is 9.84 Å². The third-order valence-corrected chi connectivity index (χ3v) is 5.62. The average Bonchev–Trinajstić information content (AvgIpc) is 2.90. The van der Waals surface area contributed by atoms with E-state index in [1.807, 2.05) is 19.0 Å². The summed E-state index contributed by atoms with van der Waals surface area (Å²) < 4.78 is 22.9. The summed E-state index contributed by atoms with van der Waals surface area (Å²) in [5.74, 6) is -0.771. The molecule has 1 unspecified atom stereocenters. The summed E-state index contributed by atoms with van der Waals surface area (Å²) >= 11 is 0. The molecule has 1 aliphatic heterocycles. The number of rotatable bonds is 7. The summed E-state index contributed by atoms with van der Waals surface area (Å²) in [6.45, 7) is 1.38. The zero-order valence-corrected chi connectivity index (χ0v) is 15.3. The van der Waals surface area contributed by atoms with Crippen molar-refractivity contribution >= 4 is 21.7 Å². The largest absolute Gasteiger partial charge is 0.351 e. The van der Waals surface area contributed by atoms with Crippen LogP contribution in [0.5, 0.6) is 0 Å². The summed E-state index contributed by atoms with van der Waals surface area (Å²) in [7, 11) is 0.852. The lowest BCUT2D eigenvalue weighted by Crippen LogP contribution is -2.36. The first kappa shape index (κ1) is 19.3. The molecule has 1 fully saturated rings. The van der Waals surface area contributed by atoms with E-state index in [4.69, 9.17) is 0 Å². The molecule has 0 saturated carbocycles. The Labute approximate surface area is 147 Å². The van der Waals surface area contributed by atoms with Crippen LogP contribution in [0.2, 0.25) is 0 Å². The second-order valence-corrected chi connectivity index (χ2v) is 8.62. The van der Waals surface area contributed by atoms with Gasteiger partial charge in [0.2, 0.25) is 0 Å². The van der Waals surface area contributed by atoms with E-state index in [9.17, 15) is 18.0 Å². The predicted molar refractivity (Wildman–Crippen MR) is 94.3 cm³/mol. The van der Waals surface area contributed by atoms with Gasteiger partial charge in [-0.25, -0.2) is 13.4 Å². The third kappa shape index (κ3) is 6.09. The Morgan fingerprint density at radius 3 is 2.52 bits per heavy atom. The summed E-state index contributed by atoms with van der Waals surface area (Å²) in [6.07, 6.45) is 1.22. The molecule has 2 amide bonds. The molecule has 1 aromatic heterocycles. The second-order valence-electron chi connectivity index (χ2n) is 6.39. The molecule has 2 rings (SSSR count). The molecular formula is C16H24N4O4S.